The van der Waals surface area contributed by atoms with E-state index in [4.69, 9.17) is 20.8 Å². The summed E-state index contributed by atoms with van der Waals surface area (Å²) in [6, 6.07) is 8.09. The molecule has 104 valence electrons. The summed E-state index contributed by atoms with van der Waals surface area (Å²) in [5.74, 6) is 1.28. The monoisotopic (exact) mass is 281 g/mol. The smallest absolute Gasteiger partial charge is 0.134 e. The summed E-state index contributed by atoms with van der Waals surface area (Å²) < 4.78 is 10.9. The minimum Gasteiger partial charge on any atom is -0.461 e. The van der Waals surface area contributed by atoms with Crippen LogP contribution >= 0.6 is 11.6 Å². The lowest BCUT2D eigenvalue weighted by atomic mass is 10.0. The molecule has 2 rings (SSSR count). The minimum atomic E-state index is 0.294. The summed E-state index contributed by atoms with van der Waals surface area (Å²) in [5.41, 5.74) is 0.885. The van der Waals surface area contributed by atoms with Gasteiger partial charge in [0.1, 0.15) is 11.3 Å². The molecule has 2 aromatic rings. The number of nitrogens with one attached hydrogen (secondary N) is 1. The number of halogens is 1. The number of ether oxygens (including phenoxy) is 1. The van der Waals surface area contributed by atoms with E-state index in [1.54, 1.807) is 7.11 Å². The number of hydrogen-bond donors (Lipinski definition) is 1. The summed E-state index contributed by atoms with van der Waals surface area (Å²) in [7, 11) is 1.71. The van der Waals surface area contributed by atoms with E-state index in [0.29, 0.717) is 18.6 Å². The standard InChI is InChI=1S/C15H20ClNO2/c1-10(11(2)17-6-7-18-3)15-9-12-8-13(16)4-5-14(12)19-15/h4-5,8-11,17H,6-7H2,1-3H3. The fourth-order valence-corrected chi connectivity index (χ4v) is 2.25. The predicted molar refractivity (Wildman–Crippen MR) is 79.0 cm³/mol. The van der Waals surface area contributed by atoms with E-state index >= 15 is 0 Å². The fourth-order valence-electron chi connectivity index (χ4n) is 2.07. The van der Waals surface area contributed by atoms with Crippen LogP contribution in [0.2, 0.25) is 5.02 Å². The Labute approximate surface area is 118 Å². The van der Waals surface area contributed by atoms with Crippen molar-refractivity contribution in [1.82, 2.24) is 5.32 Å². The summed E-state index contributed by atoms with van der Waals surface area (Å²) in [6.07, 6.45) is 0. The van der Waals surface area contributed by atoms with Crippen molar-refractivity contribution in [2.45, 2.75) is 25.8 Å². The lowest BCUT2D eigenvalue weighted by Gasteiger charge is -2.19. The predicted octanol–water partition coefficient (Wildman–Crippen LogP) is 3.81. The van der Waals surface area contributed by atoms with Gasteiger partial charge in [-0.2, -0.15) is 0 Å². The van der Waals surface area contributed by atoms with Crippen LogP contribution in [0.1, 0.15) is 25.5 Å². The molecular weight excluding hydrogens is 262 g/mol. The highest BCUT2D eigenvalue weighted by atomic mass is 35.5. The van der Waals surface area contributed by atoms with E-state index in [-0.39, 0.29) is 0 Å². The van der Waals surface area contributed by atoms with Gasteiger partial charge in [0.05, 0.1) is 6.61 Å². The van der Waals surface area contributed by atoms with Crippen LogP contribution in [0, 0.1) is 0 Å². The van der Waals surface area contributed by atoms with E-state index < -0.39 is 0 Å². The number of furan rings is 1. The number of benzene rings is 1. The molecular formula is C15H20ClNO2. The van der Waals surface area contributed by atoms with Crippen molar-refractivity contribution < 1.29 is 9.15 Å². The Hall–Kier alpha value is -1.03. The second-order valence-corrected chi connectivity index (χ2v) is 5.29. The first kappa shape index (κ1) is 14.4. The topological polar surface area (TPSA) is 34.4 Å². The van der Waals surface area contributed by atoms with Crippen LogP contribution < -0.4 is 5.32 Å². The van der Waals surface area contributed by atoms with Gasteiger partial charge in [-0.25, -0.2) is 0 Å². The summed E-state index contributed by atoms with van der Waals surface area (Å²) in [4.78, 5) is 0. The second kappa shape index (κ2) is 6.42. The molecule has 2 atom stereocenters. The quantitative estimate of drug-likeness (QED) is 0.818. The zero-order chi connectivity index (χ0) is 13.8. The summed E-state index contributed by atoms with van der Waals surface area (Å²) in [5, 5.41) is 5.22. The van der Waals surface area contributed by atoms with Crippen molar-refractivity contribution in [3.05, 3.63) is 35.0 Å². The Morgan fingerprint density at radius 1 is 1.32 bits per heavy atom. The molecule has 0 fully saturated rings. The number of hydrogen-bond acceptors (Lipinski definition) is 3. The first-order valence-corrected chi connectivity index (χ1v) is 6.91. The molecule has 0 bridgehead atoms. The Bertz CT molecular complexity index is 538. The van der Waals surface area contributed by atoms with Crippen LogP contribution in [0.3, 0.4) is 0 Å². The highest BCUT2D eigenvalue weighted by molar-refractivity contribution is 6.31. The zero-order valence-electron chi connectivity index (χ0n) is 11.6. The maximum absolute atomic E-state index is 5.99. The lowest BCUT2D eigenvalue weighted by molar-refractivity contribution is 0.194. The third kappa shape index (κ3) is 3.50. The van der Waals surface area contributed by atoms with Crippen LogP contribution in [-0.4, -0.2) is 26.3 Å². The first-order valence-electron chi connectivity index (χ1n) is 6.53. The molecule has 0 saturated heterocycles. The molecule has 0 aliphatic heterocycles. The summed E-state index contributed by atoms with van der Waals surface area (Å²) >= 11 is 5.99. The average Bonchev–Trinajstić information content (AvgIpc) is 2.80. The van der Waals surface area contributed by atoms with Crippen LogP contribution in [0.5, 0.6) is 0 Å². The van der Waals surface area contributed by atoms with Crippen molar-refractivity contribution in [3.8, 4) is 0 Å². The molecule has 2 unspecified atom stereocenters. The normalized spacial score (nSPS) is 14.7. The molecule has 1 N–H and O–H groups in total. The Morgan fingerprint density at radius 3 is 2.84 bits per heavy atom. The van der Waals surface area contributed by atoms with E-state index in [1.807, 2.05) is 18.2 Å². The molecule has 1 aromatic carbocycles. The largest absolute Gasteiger partial charge is 0.461 e. The van der Waals surface area contributed by atoms with Gasteiger partial charge in [0.25, 0.3) is 0 Å². The van der Waals surface area contributed by atoms with Crippen LogP contribution in [0.15, 0.2) is 28.7 Å². The van der Waals surface area contributed by atoms with Gasteiger partial charge in [-0.15, -0.1) is 0 Å². The van der Waals surface area contributed by atoms with Gasteiger partial charge in [-0.1, -0.05) is 18.5 Å². The van der Waals surface area contributed by atoms with Crippen LogP contribution in [0.4, 0.5) is 0 Å². The second-order valence-electron chi connectivity index (χ2n) is 4.86. The van der Waals surface area contributed by atoms with E-state index in [1.165, 1.54) is 0 Å². The minimum absolute atomic E-state index is 0.294. The molecule has 0 spiro atoms. The van der Waals surface area contributed by atoms with Gasteiger partial charge in [0.2, 0.25) is 0 Å². The molecule has 19 heavy (non-hydrogen) atoms. The number of fused-ring (bicyclic) bond motifs is 1. The van der Waals surface area contributed by atoms with Crippen LogP contribution in [0.25, 0.3) is 11.0 Å². The van der Waals surface area contributed by atoms with Crippen molar-refractivity contribution in [2.75, 3.05) is 20.3 Å². The molecule has 4 heteroatoms. The van der Waals surface area contributed by atoms with Crippen molar-refractivity contribution in [2.24, 2.45) is 0 Å². The Kier molecular flexibility index (Phi) is 4.86. The van der Waals surface area contributed by atoms with Crippen LogP contribution in [-0.2, 0) is 4.74 Å². The fraction of sp³-hybridized carbons (Fsp3) is 0.467. The third-order valence-electron chi connectivity index (χ3n) is 3.47. The molecule has 1 aromatic heterocycles. The molecule has 0 aliphatic rings. The zero-order valence-corrected chi connectivity index (χ0v) is 12.3. The van der Waals surface area contributed by atoms with Gasteiger partial charge < -0.3 is 14.5 Å². The van der Waals surface area contributed by atoms with Gasteiger partial charge in [-0.05, 0) is 31.2 Å². The Balaban J connectivity index is 2.10. The average molecular weight is 282 g/mol. The van der Waals surface area contributed by atoms with E-state index in [9.17, 15) is 0 Å². The van der Waals surface area contributed by atoms with Crippen molar-refractivity contribution in [3.63, 3.8) is 0 Å². The molecule has 0 saturated carbocycles. The maximum atomic E-state index is 5.99. The highest BCUT2D eigenvalue weighted by Gasteiger charge is 2.18. The molecule has 0 aliphatic carbocycles. The molecule has 0 amide bonds. The van der Waals surface area contributed by atoms with Gasteiger partial charge >= 0.3 is 0 Å². The van der Waals surface area contributed by atoms with Crippen molar-refractivity contribution in [1.29, 1.82) is 0 Å². The maximum Gasteiger partial charge on any atom is 0.134 e. The van der Waals surface area contributed by atoms with Gasteiger partial charge in [-0.3, -0.25) is 0 Å². The van der Waals surface area contributed by atoms with Gasteiger partial charge in [0, 0.05) is 36.0 Å². The number of methoxy groups -OCH3 is 1. The van der Waals surface area contributed by atoms with E-state index in [0.717, 1.165) is 28.3 Å². The van der Waals surface area contributed by atoms with E-state index in [2.05, 4.69) is 25.2 Å². The third-order valence-corrected chi connectivity index (χ3v) is 3.70. The molecule has 1 heterocycles. The van der Waals surface area contributed by atoms with Gasteiger partial charge in [0.15, 0.2) is 0 Å². The lowest BCUT2D eigenvalue weighted by Crippen LogP contribution is -2.33. The number of rotatable bonds is 6. The van der Waals surface area contributed by atoms with Crippen molar-refractivity contribution >= 4 is 22.6 Å². The SMILES string of the molecule is COCCNC(C)C(C)c1cc2cc(Cl)ccc2o1. The molecule has 3 nitrogen and oxygen atoms in total. The Morgan fingerprint density at radius 2 is 2.11 bits per heavy atom. The highest BCUT2D eigenvalue weighted by Crippen LogP contribution is 2.28. The summed E-state index contributed by atoms with van der Waals surface area (Å²) in [6.45, 7) is 5.87. The first-order chi connectivity index (χ1) is 9.11. The molecule has 0 radical (unpaired) electrons.